The Kier molecular flexibility index (Phi) is 6.18. The van der Waals surface area contributed by atoms with Crippen molar-refractivity contribution >= 4 is 44.3 Å². The van der Waals surface area contributed by atoms with Gasteiger partial charge in [-0.15, -0.1) is 0 Å². The fraction of sp³-hybridized carbons (Fsp3) is 0. The van der Waals surface area contributed by atoms with Gasteiger partial charge in [0.2, 0.25) is 0 Å². The lowest BCUT2D eigenvalue weighted by Gasteiger charge is -2.23. The Hall–Kier alpha value is -5.83. The van der Waals surface area contributed by atoms with Crippen LogP contribution in [0, 0.1) is 0 Å². The first kappa shape index (κ1) is 27.3. The lowest BCUT2D eigenvalue weighted by atomic mass is 9.89. The predicted molar refractivity (Wildman–Crippen MR) is 204 cm³/mol. The molecule has 224 valence electrons. The molecule has 2 heterocycles. The van der Waals surface area contributed by atoms with Crippen molar-refractivity contribution in [2.45, 2.75) is 9.79 Å². The zero-order chi connectivity index (χ0) is 31.6. The van der Waals surface area contributed by atoms with Gasteiger partial charge in [0.1, 0.15) is 0 Å². The predicted octanol–water partition coefficient (Wildman–Crippen LogP) is 13.1. The lowest BCUT2D eigenvalue weighted by molar-refractivity contribution is 1.18. The normalized spacial score (nSPS) is 12.1. The molecule has 0 saturated heterocycles. The molecule has 1 nitrogen and oxygen atoms in total. The van der Waals surface area contributed by atoms with Gasteiger partial charge in [0.05, 0.1) is 11.0 Å². The molecule has 48 heavy (non-hydrogen) atoms. The van der Waals surface area contributed by atoms with E-state index >= 15 is 0 Å². The summed E-state index contributed by atoms with van der Waals surface area (Å²) >= 11 is 1.88. The van der Waals surface area contributed by atoms with Gasteiger partial charge in [0.25, 0.3) is 0 Å². The van der Waals surface area contributed by atoms with Gasteiger partial charge in [-0.2, -0.15) is 0 Å². The largest absolute Gasteiger partial charge is 0.309 e. The maximum absolute atomic E-state index is 2.41. The highest BCUT2D eigenvalue weighted by Gasteiger charge is 2.22. The number of para-hydroxylation sites is 2. The van der Waals surface area contributed by atoms with E-state index in [0.29, 0.717) is 0 Å². The molecular formula is C46H29NS. The molecule has 0 unspecified atom stereocenters. The van der Waals surface area contributed by atoms with Crippen molar-refractivity contribution in [2.24, 2.45) is 0 Å². The molecule has 0 bridgehead atoms. The van der Waals surface area contributed by atoms with Crippen LogP contribution in [0.5, 0.6) is 0 Å². The number of hydrogen-bond acceptors (Lipinski definition) is 1. The van der Waals surface area contributed by atoms with E-state index in [2.05, 4.69) is 180 Å². The molecular weight excluding hydrogens is 599 g/mol. The summed E-state index contributed by atoms with van der Waals surface area (Å²) in [6.07, 6.45) is 0. The van der Waals surface area contributed by atoms with Crippen LogP contribution in [0.1, 0.15) is 0 Å². The highest BCUT2D eigenvalue weighted by Crippen LogP contribution is 2.51. The molecule has 2 heteroatoms. The molecule has 1 aliphatic rings. The van der Waals surface area contributed by atoms with Crippen LogP contribution in [0.3, 0.4) is 0 Å². The van der Waals surface area contributed by atoms with E-state index in [0.717, 1.165) is 0 Å². The summed E-state index contributed by atoms with van der Waals surface area (Å²) in [6, 6.07) is 64.4. The van der Waals surface area contributed by atoms with Crippen molar-refractivity contribution in [3.63, 3.8) is 0 Å². The van der Waals surface area contributed by atoms with E-state index in [1.54, 1.807) is 0 Å². The van der Waals surface area contributed by atoms with Gasteiger partial charge in [-0.1, -0.05) is 145 Å². The second-order valence-corrected chi connectivity index (χ2v) is 13.6. The molecule has 0 atom stereocenters. The third-order valence-corrected chi connectivity index (χ3v) is 11.0. The molecule has 0 radical (unpaired) electrons. The van der Waals surface area contributed by atoms with Gasteiger partial charge in [0, 0.05) is 31.6 Å². The van der Waals surface area contributed by atoms with Crippen LogP contribution >= 0.6 is 11.8 Å². The Labute approximate surface area is 283 Å². The van der Waals surface area contributed by atoms with Crippen LogP contribution in [-0.4, -0.2) is 4.57 Å². The van der Waals surface area contributed by atoms with E-state index in [1.165, 1.54) is 92.6 Å². The SMILES string of the molecule is c1ccc(-c2ccc3c4c(cccc24)-c2cc(-c4ccccc4-c4ccc5c6ccccc6n(-c6ccccc6)c5c4)ccc2S3)cc1. The van der Waals surface area contributed by atoms with Crippen molar-refractivity contribution in [2.75, 3.05) is 0 Å². The molecule has 1 aliphatic heterocycles. The van der Waals surface area contributed by atoms with Crippen LogP contribution in [-0.2, 0) is 0 Å². The molecule has 0 aliphatic carbocycles. The molecule has 0 amide bonds. The summed E-state index contributed by atoms with van der Waals surface area (Å²) in [5, 5.41) is 5.19. The van der Waals surface area contributed by atoms with Gasteiger partial charge >= 0.3 is 0 Å². The fourth-order valence-electron chi connectivity index (χ4n) is 7.65. The van der Waals surface area contributed by atoms with E-state index in [9.17, 15) is 0 Å². The second-order valence-electron chi connectivity index (χ2n) is 12.5. The first-order valence-corrected chi connectivity index (χ1v) is 17.3. The number of benzene rings is 8. The minimum atomic E-state index is 1.17. The number of nitrogens with zero attached hydrogens (tertiary/aromatic N) is 1. The molecule has 0 spiro atoms. The molecule has 1 aromatic heterocycles. The molecule has 0 saturated carbocycles. The quantitative estimate of drug-likeness (QED) is 0.188. The van der Waals surface area contributed by atoms with Crippen LogP contribution in [0.15, 0.2) is 186 Å². The summed E-state index contributed by atoms with van der Waals surface area (Å²) in [7, 11) is 0. The van der Waals surface area contributed by atoms with Crippen molar-refractivity contribution < 1.29 is 0 Å². The van der Waals surface area contributed by atoms with Crippen molar-refractivity contribution in [1.29, 1.82) is 0 Å². The maximum Gasteiger partial charge on any atom is 0.0547 e. The molecule has 8 aromatic carbocycles. The summed E-state index contributed by atoms with van der Waals surface area (Å²) in [5.41, 5.74) is 13.7. The topological polar surface area (TPSA) is 4.93 Å². The monoisotopic (exact) mass is 627 g/mol. The summed E-state index contributed by atoms with van der Waals surface area (Å²) in [4.78, 5) is 2.63. The smallest absolute Gasteiger partial charge is 0.0547 e. The zero-order valence-electron chi connectivity index (χ0n) is 26.1. The van der Waals surface area contributed by atoms with Gasteiger partial charge in [-0.05, 0) is 92.4 Å². The number of fused-ring (bicyclic) bond motifs is 5. The second kappa shape index (κ2) is 10.9. The van der Waals surface area contributed by atoms with E-state index in [-0.39, 0.29) is 0 Å². The summed E-state index contributed by atoms with van der Waals surface area (Å²) in [6.45, 7) is 0. The Morgan fingerprint density at radius 3 is 1.79 bits per heavy atom. The Balaban J connectivity index is 1.14. The number of rotatable bonds is 4. The average molecular weight is 628 g/mol. The van der Waals surface area contributed by atoms with Crippen LogP contribution in [0.25, 0.3) is 82.8 Å². The van der Waals surface area contributed by atoms with Crippen molar-refractivity contribution in [1.82, 2.24) is 4.57 Å². The minimum absolute atomic E-state index is 1.17. The highest BCUT2D eigenvalue weighted by atomic mass is 32.2. The van der Waals surface area contributed by atoms with Gasteiger partial charge < -0.3 is 4.57 Å². The van der Waals surface area contributed by atoms with Gasteiger partial charge in [0.15, 0.2) is 0 Å². The Morgan fingerprint density at radius 1 is 0.333 bits per heavy atom. The van der Waals surface area contributed by atoms with Crippen molar-refractivity contribution in [3.05, 3.63) is 176 Å². The van der Waals surface area contributed by atoms with Crippen LogP contribution in [0.4, 0.5) is 0 Å². The van der Waals surface area contributed by atoms with Crippen LogP contribution < -0.4 is 0 Å². The van der Waals surface area contributed by atoms with Gasteiger partial charge in [-0.25, -0.2) is 0 Å². The number of hydrogen-bond donors (Lipinski definition) is 0. The van der Waals surface area contributed by atoms with Crippen LogP contribution in [0.2, 0.25) is 0 Å². The third kappa shape index (κ3) is 4.20. The summed E-state index contributed by atoms with van der Waals surface area (Å²) in [5.74, 6) is 0. The first-order valence-electron chi connectivity index (χ1n) is 16.4. The Bertz CT molecular complexity index is 2690. The van der Waals surface area contributed by atoms with E-state index in [4.69, 9.17) is 0 Å². The molecule has 0 N–H and O–H groups in total. The molecule has 10 rings (SSSR count). The van der Waals surface area contributed by atoms with E-state index < -0.39 is 0 Å². The first-order chi connectivity index (χ1) is 23.8. The third-order valence-electron chi connectivity index (χ3n) is 9.81. The van der Waals surface area contributed by atoms with E-state index in [1.807, 2.05) is 11.8 Å². The Morgan fingerprint density at radius 2 is 0.958 bits per heavy atom. The zero-order valence-corrected chi connectivity index (χ0v) is 26.9. The van der Waals surface area contributed by atoms with Gasteiger partial charge in [-0.3, -0.25) is 0 Å². The molecule has 0 fully saturated rings. The average Bonchev–Trinajstić information content (AvgIpc) is 3.49. The maximum atomic E-state index is 2.41. The number of aromatic nitrogens is 1. The molecule has 9 aromatic rings. The summed E-state index contributed by atoms with van der Waals surface area (Å²) < 4.78 is 2.40. The minimum Gasteiger partial charge on any atom is -0.309 e. The standard InChI is InChI=1S/C46H29NS/c1-3-12-30(13-4-1)36-25-27-45-46-39(36)19-11-20-40(46)41-28-31(23-26-44(41)48-45)34-16-7-8-17-35(34)32-22-24-38-37-18-9-10-21-42(37)47(43(38)29-32)33-14-5-2-6-15-33/h1-29H. The lowest BCUT2D eigenvalue weighted by Crippen LogP contribution is -1.95. The fourth-order valence-corrected chi connectivity index (χ4v) is 8.76. The van der Waals surface area contributed by atoms with Crippen molar-refractivity contribution in [3.8, 4) is 50.2 Å². The highest BCUT2D eigenvalue weighted by molar-refractivity contribution is 7.99.